The first-order chi connectivity index (χ1) is 19.5. The fourth-order valence-corrected chi connectivity index (χ4v) is 6.09. The Balaban J connectivity index is 1.41. The van der Waals surface area contributed by atoms with Crippen LogP contribution in [0.4, 0.5) is 0 Å². The van der Waals surface area contributed by atoms with Gasteiger partial charge in [0.1, 0.15) is 0 Å². The Hall–Kier alpha value is -3.50. The largest absolute Gasteiger partial charge is 0.481 e. The van der Waals surface area contributed by atoms with E-state index in [1.807, 2.05) is 41.3 Å². The number of fused-ring (bicyclic) bond motifs is 2. The van der Waals surface area contributed by atoms with Crippen LogP contribution in [0.3, 0.4) is 0 Å². The number of nitrogens with zero attached hydrogens (tertiary/aromatic N) is 2. The van der Waals surface area contributed by atoms with Gasteiger partial charge in [0.15, 0.2) is 23.0 Å². The lowest BCUT2D eigenvalue weighted by Gasteiger charge is -2.30. The SMILES string of the molecule is CCCCN(CCCN)C(=O)CN1C[C@H](c2ccc3c(c2)OCO3)[C@@H](C(=O)O)[C@@H]1CCc1cccc2c1OCO2. The van der Waals surface area contributed by atoms with Crippen molar-refractivity contribution in [2.24, 2.45) is 11.7 Å². The normalized spacial score (nSPS) is 21.1. The maximum Gasteiger partial charge on any atom is 0.308 e. The molecule has 0 bridgehead atoms. The third-order valence-corrected chi connectivity index (χ3v) is 8.15. The van der Waals surface area contributed by atoms with E-state index in [4.69, 9.17) is 24.7 Å². The molecule has 3 aliphatic heterocycles. The van der Waals surface area contributed by atoms with E-state index >= 15 is 0 Å². The molecular weight excluding hydrogens is 514 g/mol. The molecule has 1 fully saturated rings. The summed E-state index contributed by atoms with van der Waals surface area (Å²) in [6.45, 7) is 4.85. The summed E-state index contributed by atoms with van der Waals surface area (Å²) in [5.74, 6) is 0.840. The van der Waals surface area contributed by atoms with Gasteiger partial charge in [-0.25, -0.2) is 0 Å². The molecule has 0 radical (unpaired) electrons. The summed E-state index contributed by atoms with van der Waals surface area (Å²) in [4.78, 5) is 30.4. The molecule has 5 rings (SSSR count). The van der Waals surface area contributed by atoms with Crippen LogP contribution in [0.15, 0.2) is 36.4 Å². The highest BCUT2D eigenvalue weighted by Gasteiger charge is 2.47. The van der Waals surface area contributed by atoms with E-state index in [0.29, 0.717) is 56.3 Å². The summed E-state index contributed by atoms with van der Waals surface area (Å²) in [7, 11) is 0. The van der Waals surface area contributed by atoms with Crippen LogP contribution in [-0.2, 0) is 16.0 Å². The number of amides is 1. The van der Waals surface area contributed by atoms with Gasteiger partial charge in [-0.05, 0) is 61.6 Å². The number of hydrogen-bond acceptors (Lipinski definition) is 8. The number of ether oxygens (including phenoxy) is 4. The number of benzene rings is 2. The highest BCUT2D eigenvalue weighted by molar-refractivity contribution is 5.79. The lowest BCUT2D eigenvalue weighted by Crippen LogP contribution is -2.45. The Kier molecular flexibility index (Phi) is 8.96. The minimum atomic E-state index is -0.869. The number of carboxylic acid groups (broad SMARTS) is 1. The van der Waals surface area contributed by atoms with Crippen LogP contribution in [0.1, 0.15) is 49.7 Å². The fraction of sp³-hybridized carbons (Fsp3) is 0.533. The van der Waals surface area contributed by atoms with E-state index in [9.17, 15) is 14.7 Å². The predicted molar refractivity (Wildman–Crippen MR) is 148 cm³/mol. The van der Waals surface area contributed by atoms with Crippen LogP contribution in [-0.4, -0.2) is 79.1 Å². The predicted octanol–water partition coefficient (Wildman–Crippen LogP) is 3.22. The number of carboxylic acids is 1. The van der Waals surface area contributed by atoms with Gasteiger partial charge in [0.25, 0.3) is 0 Å². The zero-order chi connectivity index (χ0) is 28.1. The molecule has 2 aromatic rings. The van der Waals surface area contributed by atoms with Crippen LogP contribution >= 0.6 is 0 Å². The maximum absolute atomic E-state index is 13.6. The molecule has 10 nitrogen and oxygen atoms in total. The van der Waals surface area contributed by atoms with Crippen molar-refractivity contribution in [3.8, 4) is 23.0 Å². The first-order valence-electron chi connectivity index (χ1n) is 14.2. The van der Waals surface area contributed by atoms with Gasteiger partial charge < -0.3 is 34.7 Å². The van der Waals surface area contributed by atoms with Crippen molar-refractivity contribution in [3.05, 3.63) is 47.5 Å². The molecule has 0 saturated carbocycles. The topological polar surface area (TPSA) is 124 Å². The molecular formula is C30H39N3O7. The van der Waals surface area contributed by atoms with Gasteiger partial charge in [0, 0.05) is 31.6 Å². The number of aryl methyl sites for hydroxylation is 1. The number of aliphatic carboxylic acids is 1. The minimum Gasteiger partial charge on any atom is -0.481 e. The Morgan fingerprint density at radius 1 is 1.02 bits per heavy atom. The Morgan fingerprint density at radius 2 is 1.80 bits per heavy atom. The molecule has 3 atom stereocenters. The van der Waals surface area contributed by atoms with Crippen LogP contribution < -0.4 is 24.7 Å². The molecule has 1 saturated heterocycles. The third kappa shape index (κ3) is 5.97. The zero-order valence-corrected chi connectivity index (χ0v) is 23.0. The smallest absolute Gasteiger partial charge is 0.308 e. The van der Waals surface area contributed by atoms with Gasteiger partial charge in [-0.2, -0.15) is 0 Å². The van der Waals surface area contributed by atoms with Crippen LogP contribution in [0.25, 0.3) is 0 Å². The molecule has 3 aliphatic rings. The molecule has 0 aromatic heterocycles. The molecule has 40 heavy (non-hydrogen) atoms. The number of carbonyl (C=O) groups excluding carboxylic acids is 1. The third-order valence-electron chi connectivity index (χ3n) is 8.15. The summed E-state index contributed by atoms with van der Waals surface area (Å²) in [5, 5.41) is 10.5. The molecule has 0 unspecified atom stereocenters. The number of unbranched alkanes of at least 4 members (excludes halogenated alkanes) is 1. The lowest BCUT2D eigenvalue weighted by atomic mass is 9.83. The summed E-state index contributed by atoms with van der Waals surface area (Å²) in [5.41, 5.74) is 7.60. The van der Waals surface area contributed by atoms with Gasteiger partial charge in [-0.3, -0.25) is 14.5 Å². The van der Waals surface area contributed by atoms with Gasteiger partial charge in [0.05, 0.1) is 12.5 Å². The standard InChI is InChI=1S/C30H39N3O7/c1-2-3-13-32(14-5-12-31)27(34)17-33-16-22(21-9-11-24-26(15-21)39-18-37-24)28(30(35)36)23(33)10-8-20-6-4-7-25-29(20)40-19-38-25/h4,6-7,9,11,15,22-23,28H,2-3,5,8,10,12-14,16-19,31H2,1H3,(H,35,36)/t22-,23+,28-/m1/s1. The molecule has 3 heterocycles. The average Bonchev–Trinajstić information content (AvgIpc) is 3.70. The number of nitrogens with two attached hydrogens (primary N) is 1. The van der Waals surface area contributed by atoms with E-state index in [2.05, 4.69) is 11.8 Å². The van der Waals surface area contributed by atoms with Crippen LogP contribution in [0, 0.1) is 5.92 Å². The number of carbonyl (C=O) groups is 2. The van der Waals surface area contributed by atoms with Crippen LogP contribution in [0.2, 0.25) is 0 Å². The Bertz CT molecular complexity index is 1200. The molecule has 1 amide bonds. The Labute approximate surface area is 234 Å². The molecule has 216 valence electrons. The van der Waals surface area contributed by atoms with E-state index in [1.165, 1.54) is 0 Å². The quantitative estimate of drug-likeness (QED) is 0.385. The monoisotopic (exact) mass is 553 g/mol. The van der Waals surface area contributed by atoms with E-state index in [1.54, 1.807) is 0 Å². The second-order valence-electron chi connectivity index (χ2n) is 10.6. The van der Waals surface area contributed by atoms with E-state index < -0.39 is 11.9 Å². The van der Waals surface area contributed by atoms with Gasteiger partial charge in [-0.15, -0.1) is 0 Å². The second kappa shape index (κ2) is 12.8. The first-order valence-corrected chi connectivity index (χ1v) is 14.2. The van der Waals surface area contributed by atoms with Crippen LogP contribution in [0.5, 0.6) is 23.0 Å². The lowest BCUT2D eigenvalue weighted by molar-refractivity contribution is -0.143. The minimum absolute atomic E-state index is 0.0136. The zero-order valence-electron chi connectivity index (χ0n) is 23.0. The first kappa shape index (κ1) is 28.0. The van der Waals surface area contributed by atoms with Crippen molar-refractivity contribution in [1.29, 1.82) is 0 Å². The molecule has 10 heteroatoms. The maximum atomic E-state index is 13.6. The summed E-state index contributed by atoms with van der Waals surface area (Å²) < 4.78 is 22.3. The van der Waals surface area contributed by atoms with Crippen molar-refractivity contribution in [2.45, 2.75) is 51.0 Å². The number of para-hydroxylation sites is 1. The van der Waals surface area contributed by atoms with Crippen molar-refractivity contribution >= 4 is 11.9 Å². The van der Waals surface area contributed by atoms with E-state index in [0.717, 1.165) is 36.1 Å². The highest BCUT2D eigenvalue weighted by Crippen LogP contribution is 2.44. The summed E-state index contributed by atoms with van der Waals surface area (Å²) in [6, 6.07) is 11.1. The van der Waals surface area contributed by atoms with E-state index in [-0.39, 0.29) is 38.0 Å². The fourth-order valence-electron chi connectivity index (χ4n) is 6.09. The summed E-state index contributed by atoms with van der Waals surface area (Å²) in [6.07, 6.45) is 3.80. The molecule has 3 N–H and O–H groups in total. The van der Waals surface area contributed by atoms with Gasteiger partial charge in [-0.1, -0.05) is 31.5 Å². The highest BCUT2D eigenvalue weighted by atomic mass is 16.7. The Morgan fingerprint density at radius 3 is 2.60 bits per heavy atom. The number of hydrogen-bond donors (Lipinski definition) is 2. The number of rotatable bonds is 13. The van der Waals surface area contributed by atoms with Crippen molar-refractivity contribution < 1.29 is 33.6 Å². The second-order valence-corrected chi connectivity index (χ2v) is 10.6. The summed E-state index contributed by atoms with van der Waals surface area (Å²) >= 11 is 0. The van der Waals surface area contributed by atoms with Crippen molar-refractivity contribution in [1.82, 2.24) is 9.80 Å². The molecule has 2 aromatic carbocycles. The molecule has 0 spiro atoms. The molecule has 0 aliphatic carbocycles. The van der Waals surface area contributed by atoms with Gasteiger partial charge in [0.2, 0.25) is 19.5 Å². The average molecular weight is 554 g/mol. The van der Waals surface area contributed by atoms with Crippen molar-refractivity contribution in [3.63, 3.8) is 0 Å². The van der Waals surface area contributed by atoms with Crippen molar-refractivity contribution in [2.75, 3.05) is 46.3 Å². The van der Waals surface area contributed by atoms with Gasteiger partial charge >= 0.3 is 5.97 Å². The number of likely N-dealkylation sites (tertiary alicyclic amines) is 1.